The third-order valence-corrected chi connectivity index (χ3v) is 8.28. The molecule has 11 heteroatoms. The van der Waals surface area contributed by atoms with E-state index >= 15 is 0 Å². The van der Waals surface area contributed by atoms with Gasteiger partial charge >= 0.3 is 0 Å². The largest absolute Gasteiger partial charge is 0.373 e. The minimum absolute atomic E-state index is 0.0231. The number of aromatic nitrogens is 4. The Kier molecular flexibility index (Phi) is 7.93. The number of rotatable bonds is 7. The second-order valence-electron chi connectivity index (χ2n) is 11.3. The van der Waals surface area contributed by atoms with E-state index in [2.05, 4.69) is 51.2 Å². The molecule has 1 fully saturated rings. The number of fused-ring (bicyclic) bond motifs is 1. The molecule has 3 heterocycles. The summed E-state index contributed by atoms with van der Waals surface area (Å²) in [5, 5.41) is 30.4. The Hall–Kier alpha value is -4.23. The first-order valence-corrected chi connectivity index (χ1v) is 14.7. The molecule has 1 aliphatic heterocycles. The zero-order valence-electron chi connectivity index (χ0n) is 23.6. The molecule has 1 aliphatic rings. The molecule has 0 amide bonds. The quantitative estimate of drug-likeness (QED) is 0.172. The van der Waals surface area contributed by atoms with Crippen molar-refractivity contribution in [3.63, 3.8) is 0 Å². The van der Waals surface area contributed by atoms with E-state index in [1.54, 1.807) is 12.1 Å². The summed E-state index contributed by atoms with van der Waals surface area (Å²) >= 11 is 12.8. The van der Waals surface area contributed by atoms with E-state index in [9.17, 15) is 9.65 Å². The van der Waals surface area contributed by atoms with E-state index in [1.807, 2.05) is 47.3 Å². The molecule has 2 aromatic heterocycles. The van der Waals surface area contributed by atoms with Crippen molar-refractivity contribution in [3.8, 4) is 6.07 Å². The van der Waals surface area contributed by atoms with Crippen LogP contribution in [0.2, 0.25) is 10.0 Å². The Labute approximate surface area is 258 Å². The number of benzene rings is 3. The molecule has 1 saturated heterocycles. The SMILES string of the molecule is CC1(C)CC(n2cc([C@H](Nc3cc(Cl)c4ncc(C#N)c(Nc5ccc(F)c(Cl)c5)c4c3)c3ccccc3)nn2)CCN1. The highest BCUT2D eigenvalue weighted by atomic mass is 35.5. The maximum absolute atomic E-state index is 13.8. The fourth-order valence-electron chi connectivity index (χ4n) is 5.59. The number of pyridine rings is 1. The van der Waals surface area contributed by atoms with Crippen LogP contribution in [-0.2, 0) is 0 Å². The van der Waals surface area contributed by atoms with Crippen LogP contribution in [0, 0.1) is 17.1 Å². The Balaban J connectivity index is 1.39. The van der Waals surface area contributed by atoms with Crippen LogP contribution < -0.4 is 16.0 Å². The van der Waals surface area contributed by atoms with Crippen molar-refractivity contribution in [3.05, 3.63) is 106 Å². The highest BCUT2D eigenvalue weighted by Gasteiger charge is 2.30. The molecule has 218 valence electrons. The summed E-state index contributed by atoms with van der Waals surface area (Å²) in [7, 11) is 0. The average molecular weight is 616 g/mol. The maximum atomic E-state index is 13.8. The van der Waals surface area contributed by atoms with Gasteiger partial charge in [0.05, 0.1) is 45.1 Å². The van der Waals surface area contributed by atoms with Gasteiger partial charge in [0.15, 0.2) is 0 Å². The van der Waals surface area contributed by atoms with Gasteiger partial charge in [-0.25, -0.2) is 9.07 Å². The summed E-state index contributed by atoms with van der Waals surface area (Å²) in [5.41, 5.74) is 4.30. The average Bonchev–Trinajstić information content (AvgIpc) is 3.48. The Morgan fingerprint density at radius 3 is 2.63 bits per heavy atom. The first-order chi connectivity index (χ1) is 20.7. The molecule has 0 saturated carbocycles. The molecule has 3 aromatic carbocycles. The topological polar surface area (TPSA) is 103 Å². The summed E-state index contributed by atoms with van der Waals surface area (Å²) in [6.07, 6.45) is 5.39. The first kappa shape index (κ1) is 28.9. The maximum Gasteiger partial charge on any atom is 0.141 e. The molecular formula is C32H29Cl2FN8. The molecule has 6 rings (SSSR count). The third-order valence-electron chi connectivity index (χ3n) is 7.70. The Morgan fingerprint density at radius 1 is 1.09 bits per heavy atom. The lowest BCUT2D eigenvalue weighted by Crippen LogP contribution is -2.46. The molecule has 0 spiro atoms. The molecule has 3 N–H and O–H groups in total. The summed E-state index contributed by atoms with van der Waals surface area (Å²) in [4.78, 5) is 4.45. The van der Waals surface area contributed by atoms with Crippen LogP contribution in [0.1, 0.15) is 55.6 Å². The van der Waals surface area contributed by atoms with E-state index < -0.39 is 5.82 Å². The van der Waals surface area contributed by atoms with E-state index in [0.717, 1.165) is 30.6 Å². The third kappa shape index (κ3) is 6.13. The molecule has 0 radical (unpaired) electrons. The van der Waals surface area contributed by atoms with Gasteiger partial charge in [0.2, 0.25) is 0 Å². The molecule has 5 aromatic rings. The van der Waals surface area contributed by atoms with E-state index in [4.69, 9.17) is 23.2 Å². The molecule has 8 nitrogen and oxygen atoms in total. The number of halogens is 3. The fourth-order valence-corrected chi connectivity index (χ4v) is 6.04. The first-order valence-electron chi connectivity index (χ1n) is 13.9. The lowest BCUT2D eigenvalue weighted by molar-refractivity contribution is 0.219. The second kappa shape index (κ2) is 11.8. The van der Waals surface area contributed by atoms with Crippen molar-refractivity contribution in [1.29, 1.82) is 5.26 Å². The summed E-state index contributed by atoms with van der Waals surface area (Å²) in [6.45, 7) is 5.33. The Bertz CT molecular complexity index is 1830. The number of anilines is 3. The highest BCUT2D eigenvalue weighted by molar-refractivity contribution is 6.36. The number of piperidine rings is 1. The van der Waals surface area contributed by atoms with Gasteiger partial charge in [0.1, 0.15) is 17.6 Å². The van der Waals surface area contributed by atoms with Crippen LogP contribution >= 0.6 is 23.2 Å². The van der Waals surface area contributed by atoms with E-state index in [1.165, 1.54) is 18.3 Å². The molecular weight excluding hydrogens is 586 g/mol. The highest BCUT2D eigenvalue weighted by Crippen LogP contribution is 2.37. The fraction of sp³-hybridized carbons (Fsp3) is 0.250. The van der Waals surface area contributed by atoms with Gasteiger partial charge < -0.3 is 16.0 Å². The van der Waals surface area contributed by atoms with Gasteiger partial charge in [0, 0.05) is 28.5 Å². The predicted octanol–water partition coefficient (Wildman–Crippen LogP) is 7.79. The van der Waals surface area contributed by atoms with Gasteiger partial charge in [0.25, 0.3) is 0 Å². The smallest absolute Gasteiger partial charge is 0.141 e. The van der Waals surface area contributed by atoms with Crippen molar-refractivity contribution in [2.75, 3.05) is 17.2 Å². The zero-order chi connectivity index (χ0) is 30.1. The Morgan fingerprint density at radius 2 is 1.88 bits per heavy atom. The van der Waals surface area contributed by atoms with Gasteiger partial charge in [-0.3, -0.25) is 4.98 Å². The molecule has 0 bridgehead atoms. The van der Waals surface area contributed by atoms with E-state index in [0.29, 0.717) is 38.6 Å². The summed E-state index contributed by atoms with van der Waals surface area (Å²) < 4.78 is 15.8. The number of nitriles is 1. The van der Waals surface area contributed by atoms with Crippen LogP contribution in [0.3, 0.4) is 0 Å². The van der Waals surface area contributed by atoms with Gasteiger partial charge in [-0.15, -0.1) is 5.10 Å². The molecule has 2 atom stereocenters. The number of nitrogens with zero attached hydrogens (tertiary/aromatic N) is 5. The van der Waals surface area contributed by atoms with Crippen molar-refractivity contribution in [2.45, 2.75) is 44.3 Å². The van der Waals surface area contributed by atoms with Crippen LogP contribution in [-0.4, -0.2) is 32.1 Å². The van der Waals surface area contributed by atoms with Crippen LogP contribution in [0.5, 0.6) is 0 Å². The number of nitrogens with one attached hydrogen (secondary N) is 3. The zero-order valence-corrected chi connectivity index (χ0v) is 25.1. The predicted molar refractivity (Wildman–Crippen MR) is 168 cm³/mol. The van der Waals surface area contributed by atoms with Crippen molar-refractivity contribution in [1.82, 2.24) is 25.3 Å². The molecule has 0 aliphatic carbocycles. The normalized spacial score (nSPS) is 16.9. The lowest BCUT2D eigenvalue weighted by Gasteiger charge is -2.36. The van der Waals surface area contributed by atoms with Crippen LogP contribution in [0.15, 0.2) is 73.1 Å². The summed E-state index contributed by atoms with van der Waals surface area (Å²) in [5.74, 6) is -0.533. The monoisotopic (exact) mass is 614 g/mol. The van der Waals surface area contributed by atoms with Crippen LogP contribution in [0.4, 0.5) is 21.5 Å². The number of hydrogen-bond donors (Lipinski definition) is 3. The summed E-state index contributed by atoms with van der Waals surface area (Å²) in [6, 6.07) is 20.1. The number of hydrogen-bond acceptors (Lipinski definition) is 7. The van der Waals surface area contributed by atoms with Crippen LogP contribution in [0.25, 0.3) is 10.9 Å². The minimum Gasteiger partial charge on any atom is -0.373 e. The lowest BCUT2D eigenvalue weighted by atomic mass is 9.89. The van der Waals surface area contributed by atoms with Crippen molar-refractivity contribution in [2.24, 2.45) is 0 Å². The van der Waals surface area contributed by atoms with Gasteiger partial charge in [-0.05, 0) is 69.1 Å². The molecule has 43 heavy (non-hydrogen) atoms. The minimum atomic E-state index is -0.533. The van der Waals surface area contributed by atoms with Gasteiger partial charge in [-0.1, -0.05) is 58.7 Å². The van der Waals surface area contributed by atoms with Crippen molar-refractivity contribution < 1.29 is 4.39 Å². The van der Waals surface area contributed by atoms with Crippen molar-refractivity contribution >= 4 is 51.2 Å². The van der Waals surface area contributed by atoms with E-state index in [-0.39, 0.29) is 22.6 Å². The molecule has 1 unspecified atom stereocenters. The standard InChI is InChI=1S/C32H29Cl2FN8/c1-32(2)15-23(10-11-38-32)43-18-28(41-42-43)30(19-6-4-3-5-7-19)40-22-12-24-29(39-21-8-9-27(35)25(33)13-21)20(16-36)17-37-31(24)26(34)14-22/h3-9,12-14,17-18,23,30,38,40H,10-11,15H2,1-2H3,(H,37,39)/t23?,30-/m1/s1. The van der Waals surface area contributed by atoms with Gasteiger partial charge in [-0.2, -0.15) is 5.26 Å². The second-order valence-corrected chi connectivity index (χ2v) is 12.1.